The lowest BCUT2D eigenvalue weighted by Crippen LogP contribution is -2.00. The minimum Gasteiger partial charge on any atom is -0.457 e. The van der Waals surface area contributed by atoms with Gasteiger partial charge in [-0.1, -0.05) is 30.3 Å². The van der Waals surface area contributed by atoms with Crippen molar-refractivity contribution in [3.8, 4) is 29.0 Å². The number of nitrogens with zero attached hydrogens (tertiary/aromatic N) is 5. The second-order valence-electron chi connectivity index (χ2n) is 8.57. The summed E-state index contributed by atoms with van der Waals surface area (Å²) in [6, 6.07) is 29.0. The van der Waals surface area contributed by atoms with Gasteiger partial charge in [0.2, 0.25) is 0 Å². The highest BCUT2D eigenvalue weighted by Crippen LogP contribution is 2.32. The van der Waals surface area contributed by atoms with Gasteiger partial charge < -0.3 is 10.1 Å². The van der Waals surface area contributed by atoms with E-state index >= 15 is 0 Å². The fraction of sp³-hybridized carbons (Fsp3) is 0.0333. The summed E-state index contributed by atoms with van der Waals surface area (Å²) in [5.74, 6) is 2.01. The van der Waals surface area contributed by atoms with Crippen molar-refractivity contribution in [2.75, 3.05) is 5.32 Å². The third-order valence-corrected chi connectivity index (χ3v) is 6.02. The number of anilines is 2. The second kappa shape index (κ2) is 9.36. The van der Waals surface area contributed by atoms with Crippen molar-refractivity contribution in [3.63, 3.8) is 0 Å². The monoisotopic (exact) mass is 480 g/mol. The molecule has 3 aromatic heterocycles. The molecular weight excluding hydrogens is 460 g/mol. The van der Waals surface area contributed by atoms with Crippen molar-refractivity contribution in [1.29, 1.82) is 5.26 Å². The first-order valence-corrected chi connectivity index (χ1v) is 11.7. The van der Waals surface area contributed by atoms with Crippen molar-refractivity contribution in [2.24, 2.45) is 0 Å². The maximum Gasteiger partial charge on any atom is 0.161 e. The van der Waals surface area contributed by atoms with Crippen LogP contribution >= 0.6 is 0 Å². The first-order valence-electron chi connectivity index (χ1n) is 11.7. The number of nitriles is 1. The Kier molecular flexibility index (Phi) is 5.60. The minimum absolute atomic E-state index is 0.561. The molecule has 7 heteroatoms. The lowest BCUT2D eigenvalue weighted by atomic mass is 10.1. The molecule has 0 fully saturated rings. The molecule has 37 heavy (non-hydrogen) atoms. The fourth-order valence-corrected chi connectivity index (χ4v) is 4.14. The van der Waals surface area contributed by atoms with Crippen molar-refractivity contribution in [3.05, 3.63) is 108 Å². The summed E-state index contributed by atoms with van der Waals surface area (Å²) in [4.78, 5) is 8.88. The van der Waals surface area contributed by atoms with E-state index in [1.54, 1.807) is 18.3 Å². The maximum absolute atomic E-state index is 9.14. The van der Waals surface area contributed by atoms with Crippen molar-refractivity contribution in [2.45, 2.75) is 6.92 Å². The van der Waals surface area contributed by atoms with Crippen LogP contribution in [0.5, 0.6) is 11.5 Å². The van der Waals surface area contributed by atoms with Crippen LogP contribution in [0.2, 0.25) is 0 Å². The Morgan fingerprint density at radius 3 is 2.43 bits per heavy atom. The van der Waals surface area contributed by atoms with Gasteiger partial charge in [0.15, 0.2) is 5.82 Å². The first kappa shape index (κ1) is 22.1. The number of aromatic nitrogens is 4. The highest BCUT2D eigenvalue weighted by molar-refractivity contribution is 6.00. The van der Waals surface area contributed by atoms with Crippen LogP contribution in [-0.2, 0) is 0 Å². The summed E-state index contributed by atoms with van der Waals surface area (Å²) >= 11 is 0. The van der Waals surface area contributed by atoms with E-state index in [9.17, 15) is 0 Å². The third-order valence-electron chi connectivity index (χ3n) is 6.02. The summed E-state index contributed by atoms with van der Waals surface area (Å²) in [5, 5.41) is 24.3. The molecular formula is C30H20N6O. The molecule has 0 aliphatic heterocycles. The highest BCUT2D eigenvalue weighted by Gasteiger charge is 2.12. The van der Waals surface area contributed by atoms with E-state index in [0.29, 0.717) is 28.4 Å². The highest BCUT2D eigenvalue weighted by atomic mass is 16.5. The standard InChI is InChI=1S/C30H20N6O/c1-19-6-13-26(33-18-19)29-23-4-2-3-5-24(23)30(36-35-29)34-21-8-10-22(11-9-21)37-28-14-15-32-27-16-20(17-31)7-12-25(27)28/h2-16,18H,1H3,(H,34,36). The van der Waals surface area contributed by atoms with Gasteiger partial charge in [-0.15, -0.1) is 10.2 Å². The molecule has 176 valence electrons. The van der Waals surface area contributed by atoms with Gasteiger partial charge >= 0.3 is 0 Å². The number of fused-ring (bicyclic) bond motifs is 2. The molecule has 3 heterocycles. The van der Waals surface area contributed by atoms with Crippen LogP contribution < -0.4 is 10.1 Å². The number of pyridine rings is 2. The van der Waals surface area contributed by atoms with Crippen LogP contribution in [0.3, 0.4) is 0 Å². The van der Waals surface area contributed by atoms with Gasteiger partial charge in [-0.05, 0) is 67.1 Å². The molecule has 0 aliphatic rings. The van der Waals surface area contributed by atoms with Crippen LogP contribution in [0.1, 0.15) is 11.1 Å². The Hall–Kier alpha value is -5.35. The van der Waals surface area contributed by atoms with E-state index in [0.717, 1.165) is 38.8 Å². The molecule has 0 radical (unpaired) electrons. The zero-order chi connectivity index (χ0) is 25.2. The van der Waals surface area contributed by atoms with E-state index in [-0.39, 0.29) is 0 Å². The Labute approximate surface area is 213 Å². The van der Waals surface area contributed by atoms with Crippen LogP contribution in [-0.4, -0.2) is 20.2 Å². The molecule has 0 spiro atoms. The maximum atomic E-state index is 9.14. The van der Waals surface area contributed by atoms with Crippen molar-refractivity contribution >= 4 is 33.2 Å². The smallest absolute Gasteiger partial charge is 0.161 e. The molecule has 0 saturated heterocycles. The molecule has 3 aromatic carbocycles. The average Bonchev–Trinajstić information content (AvgIpc) is 2.95. The zero-order valence-electron chi connectivity index (χ0n) is 19.9. The molecule has 0 bridgehead atoms. The summed E-state index contributed by atoms with van der Waals surface area (Å²) < 4.78 is 6.13. The Morgan fingerprint density at radius 1 is 0.811 bits per heavy atom. The molecule has 6 aromatic rings. The average molecular weight is 481 g/mol. The quantitative estimate of drug-likeness (QED) is 0.285. The molecule has 0 unspecified atom stereocenters. The van der Waals surface area contributed by atoms with Gasteiger partial charge in [-0.2, -0.15) is 5.26 Å². The topological polar surface area (TPSA) is 96.6 Å². The van der Waals surface area contributed by atoms with E-state index in [1.807, 2.05) is 85.9 Å². The van der Waals surface area contributed by atoms with Crippen LogP contribution in [0.15, 0.2) is 97.3 Å². The summed E-state index contributed by atoms with van der Waals surface area (Å²) in [7, 11) is 0. The number of hydrogen-bond acceptors (Lipinski definition) is 7. The second-order valence-corrected chi connectivity index (χ2v) is 8.57. The van der Waals surface area contributed by atoms with Gasteiger partial charge in [-0.3, -0.25) is 9.97 Å². The predicted molar refractivity (Wildman–Crippen MR) is 144 cm³/mol. The number of rotatable bonds is 5. The number of hydrogen-bond donors (Lipinski definition) is 1. The van der Waals surface area contributed by atoms with Gasteiger partial charge in [0.25, 0.3) is 0 Å². The fourth-order valence-electron chi connectivity index (χ4n) is 4.14. The number of ether oxygens (including phenoxy) is 1. The lowest BCUT2D eigenvalue weighted by molar-refractivity contribution is 0.488. The molecule has 0 amide bonds. The number of benzene rings is 3. The van der Waals surface area contributed by atoms with Gasteiger partial charge in [0.05, 0.1) is 22.8 Å². The van der Waals surface area contributed by atoms with E-state index in [4.69, 9.17) is 10.00 Å². The molecule has 0 saturated carbocycles. The van der Waals surface area contributed by atoms with E-state index in [2.05, 4.69) is 31.6 Å². The largest absolute Gasteiger partial charge is 0.457 e. The number of nitrogens with one attached hydrogen (secondary N) is 1. The molecule has 6 rings (SSSR count). The normalized spacial score (nSPS) is 10.8. The van der Waals surface area contributed by atoms with E-state index < -0.39 is 0 Å². The Bertz CT molecular complexity index is 1790. The Balaban J connectivity index is 1.26. The first-order chi connectivity index (χ1) is 18.2. The van der Waals surface area contributed by atoms with Crippen molar-refractivity contribution in [1.82, 2.24) is 20.2 Å². The molecule has 1 N–H and O–H groups in total. The van der Waals surface area contributed by atoms with Gasteiger partial charge in [0.1, 0.15) is 17.2 Å². The van der Waals surface area contributed by atoms with Gasteiger partial charge in [0, 0.05) is 34.2 Å². The van der Waals surface area contributed by atoms with Crippen LogP contribution in [0, 0.1) is 18.3 Å². The summed E-state index contributed by atoms with van der Waals surface area (Å²) in [6.07, 6.45) is 3.51. The van der Waals surface area contributed by atoms with Crippen LogP contribution in [0.4, 0.5) is 11.5 Å². The van der Waals surface area contributed by atoms with Crippen molar-refractivity contribution < 1.29 is 4.74 Å². The molecule has 0 aliphatic carbocycles. The predicted octanol–water partition coefficient (Wildman–Crippen LogP) is 6.96. The number of aryl methyl sites for hydroxylation is 1. The minimum atomic E-state index is 0.561. The lowest BCUT2D eigenvalue weighted by Gasteiger charge is -2.12. The SMILES string of the molecule is Cc1ccc(-c2nnc(Nc3ccc(Oc4ccnc5cc(C#N)ccc45)cc3)c3ccccc23)nc1. The molecule has 0 atom stereocenters. The Morgan fingerprint density at radius 2 is 1.65 bits per heavy atom. The summed E-state index contributed by atoms with van der Waals surface area (Å²) in [6.45, 7) is 2.01. The third kappa shape index (κ3) is 4.40. The van der Waals surface area contributed by atoms with E-state index in [1.165, 1.54) is 0 Å². The summed E-state index contributed by atoms with van der Waals surface area (Å²) in [5.41, 5.74) is 4.75. The molecule has 7 nitrogen and oxygen atoms in total. The zero-order valence-corrected chi connectivity index (χ0v) is 19.9. The van der Waals surface area contributed by atoms with Crippen LogP contribution in [0.25, 0.3) is 33.1 Å². The van der Waals surface area contributed by atoms with Gasteiger partial charge in [-0.25, -0.2) is 0 Å².